The van der Waals surface area contributed by atoms with E-state index in [1.165, 1.54) is 6.42 Å². The summed E-state index contributed by atoms with van der Waals surface area (Å²) in [6.07, 6.45) is 3.29. The average Bonchev–Trinajstić information content (AvgIpc) is 2.18. The van der Waals surface area contributed by atoms with Crippen LogP contribution in [0.5, 0.6) is 0 Å². The maximum Gasteiger partial charge on any atom is 0.239 e. The van der Waals surface area contributed by atoms with Gasteiger partial charge in [0.15, 0.2) is 0 Å². The lowest BCUT2D eigenvalue weighted by Gasteiger charge is -2.36. The van der Waals surface area contributed by atoms with Crippen molar-refractivity contribution in [3.63, 3.8) is 0 Å². The van der Waals surface area contributed by atoms with Gasteiger partial charge >= 0.3 is 0 Å². The lowest BCUT2D eigenvalue weighted by Crippen LogP contribution is -2.51. The van der Waals surface area contributed by atoms with Crippen molar-refractivity contribution in [2.24, 2.45) is 5.73 Å². The van der Waals surface area contributed by atoms with Crippen molar-refractivity contribution in [2.75, 3.05) is 20.3 Å². The summed E-state index contributed by atoms with van der Waals surface area (Å²) in [4.78, 5) is 13.6. The zero-order valence-electron chi connectivity index (χ0n) is 9.03. The molecular weight excluding hydrogens is 180 g/mol. The predicted molar refractivity (Wildman–Crippen MR) is 54.9 cm³/mol. The third-order valence-corrected chi connectivity index (χ3v) is 2.66. The van der Waals surface area contributed by atoms with Gasteiger partial charge < -0.3 is 15.4 Å². The highest BCUT2D eigenvalue weighted by atomic mass is 16.5. The molecule has 0 aliphatic carbocycles. The van der Waals surface area contributed by atoms with Crippen molar-refractivity contribution >= 4 is 5.91 Å². The number of rotatable bonds is 3. The quantitative estimate of drug-likeness (QED) is 0.715. The number of piperidine rings is 1. The molecule has 1 aliphatic rings. The molecule has 0 unspecified atom stereocenters. The number of methoxy groups -OCH3 is 1. The molecule has 14 heavy (non-hydrogen) atoms. The number of hydrogen-bond donors (Lipinski definition) is 1. The number of carbonyl (C=O) groups excluding carboxylic acids is 1. The molecular formula is C10H20N2O2. The van der Waals surface area contributed by atoms with E-state index in [9.17, 15) is 4.79 Å². The summed E-state index contributed by atoms with van der Waals surface area (Å²) in [5.41, 5.74) is 5.59. The minimum atomic E-state index is -0.396. The van der Waals surface area contributed by atoms with E-state index in [2.05, 4.69) is 0 Å². The number of likely N-dealkylation sites (tertiary alicyclic amines) is 1. The summed E-state index contributed by atoms with van der Waals surface area (Å²) in [7, 11) is 1.67. The largest absolute Gasteiger partial charge is 0.383 e. The van der Waals surface area contributed by atoms with Crippen molar-refractivity contribution in [3.05, 3.63) is 0 Å². The number of nitrogens with two attached hydrogens (primary N) is 1. The molecule has 1 heterocycles. The second-order valence-electron chi connectivity index (χ2n) is 3.93. The van der Waals surface area contributed by atoms with Gasteiger partial charge in [0.2, 0.25) is 5.91 Å². The Kier molecular flexibility index (Phi) is 4.35. The van der Waals surface area contributed by atoms with E-state index in [4.69, 9.17) is 10.5 Å². The Bertz CT molecular complexity index is 193. The van der Waals surface area contributed by atoms with Gasteiger partial charge in [-0.25, -0.2) is 0 Å². The molecule has 1 amide bonds. The van der Waals surface area contributed by atoms with E-state index >= 15 is 0 Å². The van der Waals surface area contributed by atoms with Crippen molar-refractivity contribution in [3.8, 4) is 0 Å². The number of amides is 1. The Morgan fingerprint density at radius 3 is 2.93 bits per heavy atom. The van der Waals surface area contributed by atoms with Crippen LogP contribution < -0.4 is 5.73 Å². The Labute approximate surface area is 85.4 Å². The first-order chi connectivity index (χ1) is 6.66. The number of hydrogen-bond acceptors (Lipinski definition) is 3. The molecule has 4 heteroatoms. The molecule has 1 fully saturated rings. The standard InChI is InChI=1S/C10H20N2O2/c1-8(11)10(13)12-6-4-3-5-9(12)7-14-2/h8-9H,3-7,11H2,1-2H3/t8-,9-/m0/s1. The molecule has 0 aromatic rings. The lowest BCUT2D eigenvalue weighted by molar-refractivity contribution is -0.137. The summed E-state index contributed by atoms with van der Waals surface area (Å²) in [6.45, 7) is 3.19. The highest BCUT2D eigenvalue weighted by Crippen LogP contribution is 2.17. The molecule has 1 rings (SSSR count). The van der Waals surface area contributed by atoms with Crippen LogP contribution in [0.3, 0.4) is 0 Å². The maximum atomic E-state index is 11.7. The first kappa shape index (κ1) is 11.5. The summed E-state index contributed by atoms with van der Waals surface area (Å²) in [5, 5.41) is 0. The van der Waals surface area contributed by atoms with Gasteiger partial charge in [-0.2, -0.15) is 0 Å². The zero-order chi connectivity index (χ0) is 10.6. The van der Waals surface area contributed by atoms with Crippen LogP contribution >= 0.6 is 0 Å². The molecule has 0 saturated carbocycles. The first-order valence-electron chi connectivity index (χ1n) is 5.21. The van der Waals surface area contributed by atoms with E-state index < -0.39 is 6.04 Å². The first-order valence-corrected chi connectivity index (χ1v) is 5.21. The van der Waals surface area contributed by atoms with Gasteiger partial charge in [0.25, 0.3) is 0 Å². The Hall–Kier alpha value is -0.610. The van der Waals surface area contributed by atoms with Gasteiger partial charge in [0.05, 0.1) is 18.7 Å². The van der Waals surface area contributed by atoms with Crippen LogP contribution in [0.4, 0.5) is 0 Å². The molecule has 1 saturated heterocycles. The van der Waals surface area contributed by atoms with Crippen LogP contribution in [0, 0.1) is 0 Å². The zero-order valence-corrected chi connectivity index (χ0v) is 9.03. The van der Waals surface area contributed by atoms with Crippen LogP contribution in [-0.2, 0) is 9.53 Å². The molecule has 0 aromatic heterocycles. The third-order valence-electron chi connectivity index (χ3n) is 2.66. The van der Waals surface area contributed by atoms with Crippen molar-refractivity contribution in [2.45, 2.75) is 38.3 Å². The summed E-state index contributed by atoms with van der Waals surface area (Å²) in [6, 6.07) is -0.167. The Morgan fingerprint density at radius 2 is 2.36 bits per heavy atom. The second kappa shape index (κ2) is 5.32. The fraction of sp³-hybridized carbons (Fsp3) is 0.900. The SMILES string of the molecule is COC[C@@H]1CCCCN1C(=O)[C@H](C)N. The number of nitrogens with zero attached hydrogens (tertiary/aromatic N) is 1. The molecule has 82 valence electrons. The summed E-state index contributed by atoms with van der Waals surface area (Å²) < 4.78 is 5.11. The van der Waals surface area contributed by atoms with Gasteiger partial charge in [0, 0.05) is 13.7 Å². The van der Waals surface area contributed by atoms with Gasteiger partial charge in [-0.05, 0) is 26.2 Å². The molecule has 4 nitrogen and oxygen atoms in total. The van der Waals surface area contributed by atoms with Crippen molar-refractivity contribution in [1.82, 2.24) is 4.90 Å². The minimum Gasteiger partial charge on any atom is -0.383 e. The molecule has 0 aromatic carbocycles. The van der Waals surface area contributed by atoms with Gasteiger partial charge in [-0.1, -0.05) is 0 Å². The normalized spacial score (nSPS) is 24.8. The van der Waals surface area contributed by atoms with E-state index in [1.807, 2.05) is 4.90 Å². The molecule has 0 spiro atoms. The smallest absolute Gasteiger partial charge is 0.239 e. The summed E-state index contributed by atoms with van der Waals surface area (Å²) >= 11 is 0. The van der Waals surface area contributed by atoms with Gasteiger partial charge in [0.1, 0.15) is 0 Å². The minimum absolute atomic E-state index is 0.0479. The average molecular weight is 200 g/mol. The van der Waals surface area contributed by atoms with E-state index in [-0.39, 0.29) is 11.9 Å². The van der Waals surface area contributed by atoms with Crippen LogP contribution in [0.2, 0.25) is 0 Å². The molecule has 1 aliphatic heterocycles. The van der Waals surface area contributed by atoms with Crippen molar-refractivity contribution < 1.29 is 9.53 Å². The highest BCUT2D eigenvalue weighted by molar-refractivity contribution is 5.81. The molecule has 0 radical (unpaired) electrons. The molecule has 0 bridgehead atoms. The molecule has 2 atom stereocenters. The van der Waals surface area contributed by atoms with Crippen molar-refractivity contribution in [1.29, 1.82) is 0 Å². The van der Waals surface area contributed by atoms with Crippen LogP contribution in [0.1, 0.15) is 26.2 Å². The molecule has 2 N–H and O–H groups in total. The monoisotopic (exact) mass is 200 g/mol. The fourth-order valence-electron chi connectivity index (χ4n) is 1.92. The number of ether oxygens (including phenoxy) is 1. The van der Waals surface area contributed by atoms with E-state index in [0.717, 1.165) is 19.4 Å². The van der Waals surface area contributed by atoms with Crippen LogP contribution in [0.15, 0.2) is 0 Å². The maximum absolute atomic E-state index is 11.7. The van der Waals surface area contributed by atoms with E-state index in [0.29, 0.717) is 6.61 Å². The van der Waals surface area contributed by atoms with E-state index in [1.54, 1.807) is 14.0 Å². The predicted octanol–water partition coefficient (Wildman–Crippen LogP) is 0.361. The Morgan fingerprint density at radius 1 is 1.64 bits per heavy atom. The van der Waals surface area contributed by atoms with Crippen LogP contribution in [0.25, 0.3) is 0 Å². The van der Waals surface area contributed by atoms with Gasteiger partial charge in [-0.3, -0.25) is 4.79 Å². The fourth-order valence-corrected chi connectivity index (χ4v) is 1.92. The van der Waals surface area contributed by atoms with Gasteiger partial charge in [-0.15, -0.1) is 0 Å². The Balaban J connectivity index is 2.57. The summed E-state index contributed by atoms with van der Waals surface area (Å²) in [5.74, 6) is 0.0479. The van der Waals surface area contributed by atoms with Crippen LogP contribution in [-0.4, -0.2) is 43.2 Å². The topological polar surface area (TPSA) is 55.6 Å². The highest BCUT2D eigenvalue weighted by Gasteiger charge is 2.27. The lowest BCUT2D eigenvalue weighted by atomic mass is 10.0. The third kappa shape index (κ3) is 2.69. The number of carbonyl (C=O) groups is 1. The second-order valence-corrected chi connectivity index (χ2v) is 3.93.